The average Bonchev–Trinajstić information content (AvgIpc) is 3.06. The molecule has 2 unspecified atom stereocenters. The highest BCUT2D eigenvalue weighted by molar-refractivity contribution is 6.01. The molecular weight excluding hydrogens is 371 g/mol. The van der Waals surface area contributed by atoms with Crippen LogP contribution >= 0.6 is 0 Å². The van der Waals surface area contributed by atoms with Crippen molar-refractivity contribution in [2.24, 2.45) is 0 Å². The number of likely N-dealkylation sites (N-methyl/N-ethyl adjacent to an activating group) is 1. The molecule has 6 nitrogen and oxygen atoms in total. The number of carbonyl (C=O) groups excluding carboxylic acids is 2. The van der Waals surface area contributed by atoms with Gasteiger partial charge in [-0.25, -0.2) is 9.18 Å². The third-order valence-electron chi connectivity index (χ3n) is 6.11. The van der Waals surface area contributed by atoms with E-state index in [4.69, 9.17) is 0 Å². The lowest BCUT2D eigenvalue weighted by molar-refractivity contribution is -0.127. The highest BCUT2D eigenvalue weighted by Crippen LogP contribution is 2.36. The van der Waals surface area contributed by atoms with Crippen molar-refractivity contribution in [3.63, 3.8) is 0 Å². The van der Waals surface area contributed by atoms with Crippen molar-refractivity contribution in [1.82, 2.24) is 20.0 Å². The molecule has 1 N–H and O–H groups in total. The Hall–Kier alpha value is -2.41. The second-order valence-electron chi connectivity index (χ2n) is 7.80. The Morgan fingerprint density at radius 2 is 1.86 bits per heavy atom. The number of nitrogens with one attached hydrogen (secondary N) is 1. The first-order chi connectivity index (χ1) is 13.9. The molecule has 0 aliphatic carbocycles. The summed E-state index contributed by atoms with van der Waals surface area (Å²) in [6.45, 7) is 9.89. The van der Waals surface area contributed by atoms with E-state index < -0.39 is 6.04 Å². The fourth-order valence-electron chi connectivity index (χ4n) is 4.16. The van der Waals surface area contributed by atoms with Crippen LogP contribution in [0.15, 0.2) is 35.5 Å². The van der Waals surface area contributed by atoms with Gasteiger partial charge in [0.15, 0.2) is 0 Å². The number of hydrogen-bond acceptors (Lipinski definition) is 3. The van der Waals surface area contributed by atoms with Gasteiger partial charge in [-0.1, -0.05) is 26.0 Å². The molecule has 2 aliphatic heterocycles. The van der Waals surface area contributed by atoms with E-state index in [9.17, 15) is 14.0 Å². The normalized spacial score (nSPS) is 20.4. The fraction of sp³-hybridized carbons (Fsp3) is 0.545. The highest BCUT2D eigenvalue weighted by Gasteiger charge is 2.43. The zero-order chi connectivity index (χ0) is 21.1. The Morgan fingerprint density at radius 3 is 2.48 bits per heavy atom. The minimum absolute atomic E-state index is 0.0449. The smallest absolute Gasteiger partial charge is 0.322 e. The molecule has 0 bridgehead atoms. The molecule has 0 fully saturated rings. The van der Waals surface area contributed by atoms with E-state index in [2.05, 4.69) is 31.0 Å². The number of amides is 3. The lowest BCUT2D eigenvalue weighted by Gasteiger charge is -2.31. The second kappa shape index (κ2) is 8.95. The van der Waals surface area contributed by atoms with Crippen LogP contribution in [-0.4, -0.2) is 65.9 Å². The van der Waals surface area contributed by atoms with Gasteiger partial charge in [0.1, 0.15) is 5.82 Å². The second-order valence-corrected chi connectivity index (χ2v) is 7.80. The van der Waals surface area contributed by atoms with Crippen LogP contribution in [0.2, 0.25) is 0 Å². The summed E-state index contributed by atoms with van der Waals surface area (Å²) in [4.78, 5) is 31.5. The summed E-state index contributed by atoms with van der Waals surface area (Å²) < 4.78 is 13.3. The molecule has 0 spiro atoms. The molecule has 0 saturated carbocycles. The molecule has 1 aromatic rings. The highest BCUT2D eigenvalue weighted by atomic mass is 19.1. The van der Waals surface area contributed by atoms with E-state index >= 15 is 0 Å². The first-order valence-corrected chi connectivity index (χ1v) is 10.4. The van der Waals surface area contributed by atoms with Crippen LogP contribution < -0.4 is 5.32 Å². The summed E-state index contributed by atoms with van der Waals surface area (Å²) in [6, 6.07) is 5.25. The molecule has 3 rings (SSSR count). The van der Waals surface area contributed by atoms with Gasteiger partial charge >= 0.3 is 6.03 Å². The number of rotatable bonds is 8. The van der Waals surface area contributed by atoms with Crippen LogP contribution in [0.4, 0.5) is 9.18 Å². The number of halogens is 1. The number of benzene rings is 1. The van der Waals surface area contributed by atoms with Crippen LogP contribution in [-0.2, 0) is 4.79 Å². The van der Waals surface area contributed by atoms with E-state index in [0.29, 0.717) is 17.7 Å². The summed E-state index contributed by atoms with van der Waals surface area (Å²) in [5, 5.41) is 2.89. The zero-order valence-electron chi connectivity index (χ0n) is 17.7. The molecule has 1 aromatic carbocycles. The van der Waals surface area contributed by atoms with Crippen molar-refractivity contribution >= 4 is 11.9 Å². The molecule has 0 aromatic heterocycles. The van der Waals surface area contributed by atoms with Crippen molar-refractivity contribution in [3.05, 3.63) is 46.9 Å². The minimum atomic E-state index is -0.547. The lowest BCUT2D eigenvalue weighted by Crippen LogP contribution is -2.45. The summed E-state index contributed by atoms with van der Waals surface area (Å²) in [5.41, 5.74) is 2.04. The van der Waals surface area contributed by atoms with Crippen molar-refractivity contribution in [2.45, 2.75) is 45.7 Å². The molecule has 3 amide bonds. The third-order valence-corrected chi connectivity index (χ3v) is 6.11. The van der Waals surface area contributed by atoms with Crippen molar-refractivity contribution in [3.8, 4) is 0 Å². The topological polar surface area (TPSA) is 55.9 Å². The minimum Gasteiger partial charge on any atom is -0.330 e. The summed E-state index contributed by atoms with van der Waals surface area (Å²) >= 11 is 0. The molecule has 7 heteroatoms. The summed E-state index contributed by atoms with van der Waals surface area (Å²) in [7, 11) is 1.69. The molecule has 0 radical (unpaired) electrons. The van der Waals surface area contributed by atoms with E-state index in [-0.39, 0.29) is 23.8 Å². The van der Waals surface area contributed by atoms with Crippen LogP contribution in [0.25, 0.3) is 0 Å². The number of carbonyl (C=O) groups is 2. The molecule has 2 aliphatic rings. The van der Waals surface area contributed by atoms with E-state index in [0.717, 1.165) is 38.2 Å². The van der Waals surface area contributed by atoms with Gasteiger partial charge in [0, 0.05) is 13.1 Å². The Morgan fingerprint density at radius 1 is 1.21 bits per heavy atom. The lowest BCUT2D eigenvalue weighted by atomic mass is 9.95. The molecule has 158 valence electrons. The van der Waals surface area contributed by atoms with E-state index in [1.54, 1.807) is 19.2 Å². The maximum atomic E-state index is 13.3. The molecule has 0 saturated heterocycles. The first-order valence-electron chi connectivity index (χ1n) is 10.4. The van der Waals surface area contributed by atoms with Gasteiger partial charge in [0.05, 0.1) is 23.9 Å². The summed E-state index contributed by atoms with van der Waals surface area (Å²) in [6.07, 6.45) is 1.93. The van der Waals surface area contributed by atoms with Crippen molar-refractivity contribution in [1.29, 1.82) is 0 Å². The Kier molecular flexibility index (Phi) is 6.57. The maximum Gasteiger partial charge on any atom is 0.322 e. The monoisotopic (exact) mass is 402 g/mol. The number of urea groups is 1. The Bertz CT molecular complexity index is 789. The fourth-order valence-corrected chi connectivity index (χ4v) is 4.16. The molecule has 2 heterocycles. The van der Waals surface area contributed by atoms with Gasteiger partial charge in [0.2, 0.25) is 0 Å². The van der Waals surface area contributed by atoms with Crippen LogP contribution in [0.1, 0.15) is 45.2 Å². The van der Waals surface area contributed by atoms with Crippen LogP contribution in [0.3, 0.4) is 0 Å². The summed E-state index contributed by atoms with van der Waals surface area (Å²) in [5.74, 6) is -0.389. The molecular formula is C22H31FN4O2. The SMILES string of the molecule is CCN(CC)CCCC(C)N1CC2=C(C1=O)C(c1ccc(F)cc1)NC(=O)N2C. The van der Waals surface area contributed by atoms with Gasteiger partial charge in [-0.3, -0.25) is 9.69 Å². The molecule has 2 atom stereocenters. The van der Waals surface area contributed by atoms with Crippen LogP contribution in [0, 0.1) is 5.82 Å². The third kappa shape index (κ3) is 4.29. The predicted molar refractivity (Wildman–Crippen MR) is 111 cm³/mol. The predicted octanol–water partition coefficient (Wildman–Crippen LogP) is 3.13. The quantitative estimate of drug-likeness (QED) is 0.727. The Labute approximate surface area is 172 Å². The van der Waals surface area contributed by atoms with Gasteiger partial charge < -0.3 is 15.1 Å². The van der Waals surface area contributed by atoms with Gasteiger partial charge in [0.25, 0.3) is 5.91 Å². The van der Waals surface area contributed by atoms with Gasteiger partial charge in [-0.05, 0) is 57.1 Å². The number of hydrogen-bond donors (Lipinski definition) is 1. The average molecular weight is 403 g/mol. The van der Waals surface area contributed by atoms with Crippen molar-refractivity contribution < 1.29 is 14.0 Å². The standard InChI is InChI=1S/C22H31FN4O2/c1-5-26(6-2)13-7-8-15(3)27-14-18-19(21(27)28)20(24-22(29)25(18)4)16-9-11-17(23)12-10-16/h9-12,15,20H,5-8,13-14H2,1-4H3,(H,24,29). The zero-order valence-corrected chi connectivity index (χ0v) is 17.7. The van der Waals surface area contributed by atoms with E-state index in [1.807, 2.05) is 4.90 Å². The van der Waals surface area contributed by atoms with Gasteiger partial charge in [-0.15, -0.1) is 0 Å². The first kappa shape index (κ1) is 21.3. The maximum absolute atomic E-state index is 13.3. The van der Waals surface area contributed by atoms with E-state index in [1.165, 1.54) is 17.0 Å². The number of nitrogens with zero attached hydrogens (tertiary/aromatic N) is 3. The Balaban J connectivity index is 1.76. The largest absolute Gasteiger partial charge is 0.330 e. The van der Waals surface area contributed by atoms with Crippen LogP contribution in [0.5, 0.6) is 0 Å². The van der Waals surface area contributed by atoms with Gasteiger partial charge in [-0.2, -0.15) is 0 Å². The molecule has 29 heavy (non-hydrogen) atoms. The van der Waals surface area contributed by atoms with Crippen molar-refractivity contribution in [2.75, 3.05) is 33.2 Å².